The van der Waals surface area contributed by atoms with Crippen LogP contribution in [0.1, 0.15) is 53.6 Å². The Bertz CT molecular complexity index is 1330. The van der Waals surface area contributed by atoms with Gasteiger partial charge in [-0.15, -0.1) is 12.4 Å². The van der Waals surface area contributed by atoms with E-state index in [1.165, 1.54) is 16.3 Å². The van der Waals surface area contributed by atoms with E-state index in [1.807, 2.05) is 30.3 Å². The van der Waals surface area contributed by atoms with Gasteiger partial charge in [-0.2, -0.15) is 0 Å². The van der Waals surface area contributed by atoms with E-state index in [9.17, 15) is 9.90 Å². The van der Waals surface area contributed by atoms with Gasteiger partial charge in [-0.1, -0.05) is 73.7 Å². The number of fused-ring (bicyclic) bond motifs is 2. The minimum atomic E-state index is -0.896. The summed E-state index contributed by atoms with van der Waals surface area (Å²) in [6, 6.07) is 30.6. The Balaban J connectivity index is 0.00000304. The third-order valence-corrected chi connectivity index (χ3v) is 6.99. The molecule has 0 spiro atoms. The minimum absolute atomic E-state index is 0. The van der Waals surface area contributed by atoms with Crippen molar-refractivity contribution < 1.29 is 14.6 Å². The van der Waals surface area contributed by atoms with Crippen molar-refractivity contribution in [1.82, 2.24) is 0 Å². The first-order chi connectivity index (χ1) is 17.1. The maximum absolute atomic E-state index is 11.4. The second-order valence-electron chi connectivity index (χ2n) is 9.49. The minimum Gasteiger partial charge on any atom is -0.486 e. The molecular weight excluding hydrogens is 470 g/mol. The number of halogens is 1. The lowest BCUT2D eigenvalue weighted by Crippen LogP contribution is -2.39. The number of para-hydroxylation sites is 2. The molecule has 1 aliphatic heterocycles. The average molecular weight is 502 g/mol. The number of ether oxygens (including phenoxy) is 1. The summed E-state index contributed by atoms with van der Waals surface area (Å²) in [5, 5.41) is 12.0. The molecule has 0 fully saturated rings. The maximum atomic E-state index is 11.4. The summed E-state index contributed by atoms with van der Waals surface area (Å²) in [7, 11) is 0. The van der Waals surface area contributed by atoms with Crippen molar-refractivity contribution in [1.29, 1.82) is 0 Å². The van der Waals surface area contributed by atoms with Crippen LogP contribution in [0.15, 0.2) is 91.0 Å². The largest absolute Gasteiger partial charge is 0.486 e. The SMILES string of the molecule is C[C@@H](CCCC1CN(Cc2cccc(C(=O)O)c2)c2ccccc2O1)c1cccc2ccccc12.Cl. The molecule has 0 aromatic heterocycles. The third kappa shape index (κ3) is 5.66. The van der Waals surface area contributed by atoms with Gasteiger partial charge in [-0.25, -0.2) is 4.79 Å². The fourth-order valence-electron chi connectivity index (χ4n) is 5.19. The fraction of sp³-hybridized carbons (Fsp3) is 0.258. The van der Waals surface area contributed by atoms with E-state index < -0.39 is 5.97 Å². The quantitative estimate of drug-likeness (QED) is 0.268. The maximum Gasteiger partial charge on any atom is 0.335 e. The first kappa shape index (κ1) is 25.6. The topological polar surface area (TPSA) is 49.8 Å². The van der Waals surface area contributed by atoms with Gasteiger partial charge in [0.1, 0.15) is 11.9 Å². The van der Waals surface area contributed by atoms with Gasteiger partial charge in [-0.05, 0) is 71.3 Å². The Kier molecular flexibility index (Phi) is 8.17. The van der Waals surface area contributed by atoms with Crippen LogP contribution >= 0.6 is 12.4 Å². The van der Waals surface area contributed by atoms with Crippen molar-refractivity contribution in [2.45, 2.75) is 44.8 Å². The number of hydrogen-bond donors (Lipinski definition) is 1. The zero-order valence-corrected chi connectivity index (χ0v) is 21.3. The molecule has 1 heterocycles. The first-order valence-corrected chi connectivity index (χ1v) is 12.4. The van der Waals surface area contributed by atoms with Crippen molar-refractivity contribution >= 4 is 34.8 Å². The second kappa shape index (κ2) is 11.5. The molecule has 5 heteroatoms. The molecule has 4 aromatic carbocycles. The number of hydrogen-bond acceptors (Lipinski definition) is 3. The van der Waals surface area contributed by atoms with Gasteiger partial charge in [0.05, 0.1) is 17.8 Å². The summed E-state index contributed by atoms with van der Waals surface area (Å²) in [6.07, 6.45) is 3.28. The molecule has 1 aliphatic rings. The van der Waals surface area contributed by atoms with E-state index in [0.29, 0.717) is 18.0 Å². The molecule has 1 unspecified atom stereocenters. The third-order valence-electron chi connectivity index (χ3n) is 6.99. The molecule has 36 heavy (non-hydrogen) atoms. The molecule has 0 radical (unpaired) electrons. The van der Waals surface area contributed by atoms with Gasteiger partial charge in [0, 0.05) is 6.54 Å². The number of benzene rings is 4. The molecule has 5 rings (SSSR count). The van der Waals surface area contributed by atoms with Crippen LogP contribution < -0.4 is 9.64 Å². The Morgan fingerprint density at radius 3 is 2.61 bits per heavy atom. The molecule has 2 atom stereocenters. The number of anilines is 1. The molecule has 0 saturated carbocycles. The molecule has 186 valence electrons. The first-order valence-electron chi connectivity index (χ1n) is 12.4. The highest BCUT2D eigenvalue weighted by molar-refractivity contribution is 5.88. The highest BCUT2D eigenvalue weighted by Gasteiger charge is 2.25. The normalized spacial score (nSPS) is 15.5. The molecule has 4 nitrogen and oxygen atoms in total. The van der Waals surface area contributed by atoms with Crippen LogP contribution in [0.5, 0.6) is 5.75 Å². The highest BCUT2D eigenvalue weighted by Crippen LogP contribution is 2.36. The van der Waals surface area contributed by atoms with Gasteiger partial charge in [0.2, 0.25) is 0 Å². The summed E-state index contributed by atoms with van der Waals surface area (Å²) in [6.45, 7) is 3.77. The van der Waals surface area contributed by atoms with E-state index in [-0.39, 0.29) is 18.5 Å². The molecule has 0 saturated heterocycles. The van der Waals surface area contributed by atoms with Crippen LogP contribution in [0, 0.1) is 0 Å². The fourth-order valence-corrected chi connectivity index (χ4v) is 5.19. The summed E-state index contributed by atoms with van der Waals surface area (Å²) in [4.78, 5) is 13.7. The van der Waals surface area contributed by atoms with Crippen molar-refractivity contribution in [2.24, 2.45) is 0 Å². The molecular formula is C31H32ClNO3. The van der Waals surface area contributed by atoms with Crippen LogP contribution in [0.25, 0.3) is 10.8 Å². The van der Waals surface area contributed by atoms with E-state index in [0.717, 1.165) is 42.8 Å². The van der Waals surface area contributed by atoms with Gasteiger partial charge < -0.3 is 14.7 Å². The molecule has 0 amide bonds. The van der Waals surface area contributed by atoms with Gasteiger partial charge in [-0.3, -0.25) is 0 Å². The number of nitrogens with zero attached hydrogens (tertiary/aromatic N) is 1. The number of carbonyl (C=O) groups is 1. The summed E-state index contributed by atoms with van der Waals surface area (Å²) in [5.41, 5.74) is 3.79. The number of carboxylic acid groups (broad SMARTS) is 1. The van der Waals surface area contributed by atoms with Crippen LogP contribution in [-0.2, 0) is 6.54 Å². The Morgan fingerprint density at radius 1 is 1.00 bits per heavy atom. The number of rotatable bonds is 8. The summed E-state index contributed by atoms with van der Waals surface area (Å²) >= 11 is 0. The van der Waals surface area contributed by atoms with E-state index in [2.05, 4.69) is 60.4 Å². The summed E-state index contributed by atoms with van der Waals surface area (Å²) in [5.74, 6) is 0.486. The molecule has 4 aromatic rings. The van der Waals surface area contributed by atoms with Crippen LogP contribution in [0.3, 0.4) is 0 Å². The monoisotopic (exact) mass is 501 g/mol. The Labute approximate surface area is 218 Å². The highest BCUT2D eigenvalue weighted by atomic mass is 35.5. The van der Waals surface area contributed by atoms with Crippen LogP contribution in [0.4, 0.5) is 5.69 Å². The zero-order valence-electron chi connectivity index (χ0n) is 20.5. The number of carboxylic acids is 1. The average Bonchev–Trinajstić information content (AvgIpc) is 2.88. The Morgan fingerprint density at radius 2 is 1.75 bits per heavy atom. The van der Waals surface area contributed by atoms with Gasteiger partial charge in [0.25, 0.3) is 0 Å². The standard InChI is InChI=1S/C31H31NO3.ClH/c1-22(27-16-8-12-24-11-2-3-15-28(24)27)9-6-14-26-21-32(29-17-4-5-18-30(29)35-26)20-23-10-7-13-25(19-23)31(33)34;/h2-5,7-8,10-13,15-19,22,26H,6,9,14,20-21H2,1H3,(H,33,34);1H/t22-,26?;/m0./s1. The second-order valence-corrected chi connectivity index (χ2v) is 9.49. The van der Waals surface area contributed by atoms with Crippen LogP contribution in [-0.4, -0.2) is 23.7 Å². The van der Waals surface area contributed by atoms with E-state index in [1.54, 1.807) is 12.1 Å². The van der Waals surface area contributed by atoms with Crippen molar-refractivity contribution in [3.8, 4) is 5.75 Å². The molecule has 0 bridgehead atoms. The number of aromatic carboxylic acids is 1. The van der Waals surface area contributed by atoms with Crippen molar-refractivity contribution in [3.63, 3.8) is 0 Å². The lowest BCUT2D eigenvalue weighted by Gasteiger charge is -2.36. The molecule has 1 N–H and O–H groups in total. The van der Waals surface area contributed by atoms with Crippen molar-refractivity contribution in [3.05, 3.63) is 108 Å². The van der Waals surface area contributed by atoms with E-state index >= 15 is 0 Å². The van der Waals surface area contributed by atoms with Gasteiger partial charge in [0.15, 0.2) is 0 Å². The lowest BCUT2D eigenvalue weighted by molar-refractivity contribution is 0.0696. The predicted octanol–water partition coefficient (Wildman–Crippen LogP) is 7.70. The van der Waals surface area contributed by atoms with Gasteiger partial charge >= 0.3 is 5.97 Å². The molecule has 0 aliphatic carbocycles. The van der Waals surface area contributed by atoms with Crippen LogP contribution in [0.2, 0.25) is 0 Å². The Hall–Kier alpha value is -3.50. The lowest BCUT2D eigenvalue weighted by atomic mass is 9.90. The van der Waals surface area contributed by atoms with Crippen molar-refractivity contribution in [2.75, 3.05) is 11.4 Å². The zero-order chi connectivity index (χ0) is 24.2. The predicted molar refractivity (Wildman–Crippen MR) is 149 cm³/mol. The summed E-state index contributed by atoms with van der Waals surface area (Å²) < 4.78 is 6.38. The van der Waals surface area contributed by atoms with E-state index in [4.69, 9.17) is 4.74 Å². The smallest absolute Gasteiger partial charge is 0.335 e.